The van der Waals surface area contributed by atoms with Crippen LogP contribution in [-0.4, -0.2) is 8.07 Å². The number of benzene rings is 1. The Morgan fingerprint density at radius 3 is 2.28 bits per heavy atom. The minimum atomic E-state index is -1.37. The Labute approximate surface area is 110 Å². The number of hydrogen-bond donors (Lipinski definition) is 0. The van der Waals surface area contributed by atoms with Gasteiger partial charge in [-0.3, -0.25) is 0 Å². The van der Waals surface area contributed by atoms with Gasteiger partial charge in [0.25, 0.3) is 0 Å². The van der Waals surface area contributed by atoms with E-state index < -0.39 is 8.07 Å². The van der Waals surface area contributed by atoms with Crippen molar-refractivity contribution in [3.05, 3.63) is 60.1 Å². The van der Waals surface area contributed by atoms with Gasteiger partial charge < -0.3 is 4.42 Å². The van der Waals surface area contributed by atoms with Crippen molar-refractivity contribution < 1.29 is 4.42 Å². The second-order valence-electron chi connectivity index (χ2n) is 5.38. The van der Waals surface area contributed by atoms with Crippen LogP contribution in [0.25, 0.3) is 0 Å². The molecule has 0 amide bonds. The van der Waals surface area contributed by atoms with Crippen LogP contribution in [0.3, 0.4) is 0 Å². The van der Waals surface area contributed by atoms with E-state index in [1.807, 2.05) is 30.3 Å². The van der Waals surface area contributed by atoms with Crippen molar-refractivity contribution in [1.82, 2.24) is 0 Å². The number of furan rings is 1. The zero-order chi connectivity index (χ0) is 13.0. The van der Waals surface area contributed by atoms with Gasteiger partial charge in [-0.2, -0.15) is 0 Å². The minimum absolute atomic E-state index is 0.0490. The maximum atomic E-state index is 5.53. The molecule has 0 aliphatic carbocycles. The fourth-order valence-electron chi connectivity index (χ4n) is 1.71. The highest BCUT2D eigenvalue weighted by Crippen LogP contribution is 2.24. The van der Waals surface area contributed by atoms with Gasteiger partial charge >= 0.3 is 0 Å². The second-order valence-corrected chi connectivity index (χ2v) is 10.1. The lowest BCUT2D eigenvalue weighted by molar-refractivity contribution is 0.510. The summed E-state index contributed by atoms with van der Waals surface area (Å²) in [6.07, 6.45) is 1.71. The van der Waals surface area contributed by atoms with Crippen LogP contribution in [-0.2, 0) is 0 Å². The monoisotopic (exact) mass is 254 g/mol. The van der Waals surface area contributed by atoms with Crippen LogP contribution < -0.4 is 0 Å². The first kappa shape index (κ1) is 12.7. The lowest BCUT2D eigenvalue weighted by Crippen LogP contribution is -2.17. The first-order chi connectivity index (χ1) is 8.56. The molecule has 0 aliphatic heterocycles. The van der Waals surface area contributed by atoms with Crippen LogP contribution in [0.5, 0.6) is 0 Å². The standard InChI is InChI=1S/C16H18OSi/c1-18(2,3)13-11-15(16-10-7-12-17-16)14-8-5-4-6-9-14/h4-10,12,15H,1-3H3. The highest BCUT2D eigenvalue weighted by molar-refractivity contribution is 6.83. The highest BCUT2D eigenvalue weighted by atomic mass is 28.3. The third-order valence-corrected chi connectivity index (χ3v) is 3.45. The van der Waals surface area contributed by atoms with E-state index in [1.165, 1.54) is 5.56 Å². The summed E-state index contributed by atoms with van der Waals surface area (Å²) >= 11 is 0. The van der Waals surface area contributed by atoms with Crippen molar-refractivity contribution in [2.24, 2.45) is 0 Å². The van der Waals surface area contributed by atoms with Gasteiger partial charge in [-0.1, -0.05) is 55.9 Å². The molecule has 0 spiro atoms. The molecule has 0 saturated heterocycles. The van der Waals surface area contributed by atoms with Crippen LogP contribution in [0.4, 0.5) is 0 Å². The molecule has 0 fully saturated rings. The van der Waals surface area contributed by atoms with Gasteiger partial charge in [0.2, 0.25) is 0 Å². The quantitative estimate of drug-likeness (QED) is 0.575. The molecule has 2 aromatic rings. The van der Waals surface area contributed by atoms with Crippen LogP contribution in [0.2, 0.25) is 19.6 Å². The van der Waals surface area contributed by atoms with Gasteiger partial charge in [-0.05, 0) is 17.7 Å². The fourth-order valence-corrected chi connectivity index (χ4v) is 2.29. The maximum Gasteiger partial charge on any atom is 0.129 e. The summed E-state index contributed by atoms with van der Waals surface area (Å²) in [7, 11) is -1.37. The molecule has 1 aromatic heterocycles. The van der Waals surface area contributed by atoms with Gasteiger partial charge in [-0.15, -0.1) is 5.54 Å². The van der Waals surface area contributed by atoms with Gasteiger partial charge in [0, 0.05) is 0 Å². The highest BCUT2D eigenvalue weighted by Gasteiger charge is 2.15. The molecule has 1 aromatic carbocycles. The molecule has 1 nitrogen and oxygen atoms in total. The van der Waals surface area contributed by atoms with Crippen molar-refractivity contribution in [3.8, 4) is 11.5 Å². The van der Waals surface area contributed by atoms with Gasteiger partial charge in [0.05, 0.1) is 6.26 Å². The molecule has 18 heavy (non-hydrogen) atoms. The Morgan fingerprint density at radius 2 is 1.72 bits per heavy atom. The van der Waals surface area contributed by atoms with Gasteiger partial charge in [0.1, 0.15) is 19.8 Å². The molecular weight excluding hydrogens is 236 g/mol. The Balaban J connectivity index is 2.39. The van der Waals surface area contributed by atoms with Crippen molar-refractivity contribution in [3.63, 3.8) is 0 Å². The summed E-state index contributed by atoms with van der Waals surface area (Å²) in [4.78, 5) is 0. The molecule has 0 aliphatic rings. The molecule has 1 heterocycles. The average molecular weight is 254 g/mol. The zero-order valence-corrected chi connectivity index (χ0v) is 12.1. The van der Waals surface area contributed by atoms with Crippen molar-refractivity contribution in [2.45, 2.75) is 25.6 Å². The summed E-state index contributed by atoms with van der Waals surface area (Å²) in [5.74, 6) is 4.37. The van der Waals surface area contributed by atoms with Crippen LogP contribution >= 0.6 is 0 Å². The van der Waals surface area contributed by atoms with E-state index in [0.717, 1.165) is 5.76 Å². The van der Waals surface area contributed by atoms with Crippen molar-refractivity contribution in [1.29, 1.82) is 0 Å². The zero-order valence-electron chi connectivity index (χ0n) is 11.1. The van der Waals surface area contributed by atoms with Crippen molar-refractivity contribution in [2.75, 3.05) is 0 Å². The van der Waals surface area contributed by atoms with Crippen LogP contribution in [0.1, 0.15) is 17.2 Å². The number of rotatable bonds is 2. The molecule has 92 valence electrons. The largest absolute Gasteiger partial charge is 0.468 e. The summed E-state index contributed by atoms with van der Waals surface area (Å²) < 4.78 is 5.53. The SMILES string of the molecule is C[Si](C)(C)C#CC(c1ccccc1)c1ccco1. The summed E-state index contributed by atoms with van der Waals surface area (Å²) in [5.41, 5.74) is 4.63. The first-order valence-corrected chi connectivity index (χ1v) is 9.67. The fraction of sp³-hybridized carbons (Fsp3) is 0.250. The maximum absolute atomic E-state index is 5.53. The van der Waals surface area contributed by atoms with E-state index in [2.05, 4.69) is 43.2 Å². The number of hydrogen-bond acceptors (Lipinski definition) is 1. The lowest BCUT2D eigenvalue weighted by Gasteiger charge is -2.10. The van der Waals surface area contributed by atoms with E-state index in [4.69, 9.17) is 4.42 Å². The molecule has 2 heteroatoms. The smallest absolute Gasteiger partial charge is 0.129 e. The second kappa shape index (κ2) is 5.28. The minimum Gasteiger partial charge on any atom is -0.468 e. The Morgan fingerprint density at radius 1 is 1.00 bits per heavy atom. The third kappa shape index (κ3) is 3.38. The van der Waals surface area contributed by atoms with Gasteiger partial charge in [0.15, 0.2) is 0 Å². The molecule has 0 saturated carbocycles. The van der Waals surface area contributed by atoms with E-state index >= 15 is 0 Å². The molecule has 1 atom stereocenters. The summed E-state index contributed by atoms with van der Waals surface area (Å²) in [6, 6.07) is 14.2. The molecule has 0 bridgehead atoms. The van der Waals surface area contributed by atoms with Crippen LogP contribution in [0, 0.1) is 11.5 Å². The molecule has 1 unspecified atom stereocenters. The average Bonchev–Trinajstić information content (AvgIpc) is 2.83. The molecule has 0 N–H and O–H groups in total. The van der Waals surface area contributed by atoms with Crippen molar-refractivity contribution >= 4 is 8.07 Å². The topological polar surface area (TPSA) is 13.1 Å². The molecular formula is C16H18OSi. The van der Waals surface area contributed by atoms with Gasteiger partial charge in [-0.25, -0.2) is 0 Å². The van der Waals surface area contributed by atoms with E-state index in [9.17, 15) is 0 Å². The summed E-state index contributed by atoms with van der Waals surface area (Å²) in [5, 5.41) is 0. The predicted molar refractivity (Wildman–Crippen MR) is 78.1 cm³/mol. The van der Waals surface area contributed by atoms with E-state index in [1.54, 1.807) is 6.26 Å². The molecule has 2 rings (SSSR count). The predicted octanol–water partition coefficient (Wildman–Crippen LogP) is 4.29. The Hall–Kier alpha value is -1.72. The Bertz CT molecular complexity index is 538. The molecule has 0 radical (unpaired) electrons. The normalized spacial score (nSPS) is 12.6. The summed E-state index contributed by atoms with van der Waals surface area (Å²) in [6.45, 7) is 6.76. The first-order valence-electron chi connectivity index (χ1n) is 6.17. The van der Waals surface area contributed by atoms with E-state index in [-0.39, 0.29) is 5.92 Å². The van der Waals surface area contributed by atoms with E-state index in [0.29, 0.717) is 0 Å². The van der Waals surface area contributed by atoms with Crippen LogP contribution in [0.15, 0.2) is 53.1 Å². The third-order valence-electron chi connectivity index (χ3n) is 2.55. The lowest BCUT2D eigenvalue weighted by atomic mass is 9.98. The Kier molecular flexibility index (Phi) is 3.74.